The number of likely N-dealkylation sites (tertiary alicyclic amines) is 1. The molecule has 1 unspecified atom stereocenters. The van der Waals surface area contributed by atoms with Crippen molar-refractivity contribution in [2.45, 2.75) is 38.8 Å². The van der Waals surface area contributed by atoms with Crippen molar-refractivity contribution in [2.24, 2.45) is 0 Å². The number of nitrogens with zero attached hydrogens (tertiary/aromatic N) is 1. The number of likely N-dealkylation sites (N-methyl/N-ethyl adjacent to an activating group) is 1. The molecule has 1 atom stereocenters. The van der Waals surface area contributed by atoms with Crippen LogP contribution in [0.2, 0.25) is 0 Å². The minimum absolute atomic E-state index is 0.0230. The molecule has 1 aliphatic rings. The van der Waals surface area contributed by atoms with Crippen LogP contribution in [0.3, 0.4) is 0 Å². The van der Waals surface area contributed by atoms with E-state index >= 15 is 0 Å². The van der Waals surface area contributed by atoms with Gasteiger partial charge in [-0.1, -0.05) is 30.3 Å². The van der Waals surface area contributed by atoms with Crippen LogP contribution in [-0.4, -0.2) is 42.5 Å². The van der Waals surface area contributed by atoms with Crippen molar-refractivity contribution in [3.8, 4) is 0 Å². The van der Waals surface area contributed by atoms with Crippen molar-refractivity contribution in [1.29, 1.82) is 0 Å². The zero-order chi connectivity index (χ0) is 15.8. The molecule has 1 aliphatic heterocycles. The number of benzene rings is 1. The topological polar surface area (TPSA) is 58.6 Å². The van der Waals surface area contributed by atoms with E-state index in [2.05, 4.69) is 5.32 Å². The van der Waals surface area contributed by atoms with E-state index in [9.17, 15) is 9.59 Å². The summed E-state index contributed by atoms with van der Waals surface area (Å²) in [7, 11) is 0. The quantitative estimate of drug-likeness (QED) is 0.870. The third-order valence-electron chi connectivity index (χ3n) is 3.84. The summed E-state index contributed by atoms with van der Waals surface area (Å²) in [6.07, 6.45) is 2.66. The first kappa shape index (κ1) is 16.5. The van der Waals surface area contributed by atoms with Gasteiger partial charge in [-0.05, 0) is 31.7 Å². The average Bonchev–Trinajstić information content (AvgIpc) is 2.70. The van der Waals surface area contributed by atoms with Gasteiger partial charge in [0.15, 0.2) is 0 Å². The lowest BCUT2D eigenvalue weighted by atomic mass is 10.1. The van der Waals surface area contributed by atoms with Gasteiger partial charge in [0.05, 0.1) is 6.61 Å². The number of ether oxygens (including phenoxy) is 1. The molecule has 1 aromatic rings. The van der Waals surface area contributed by atoms with Crippen LogP contribution in [0.1, 0.15) is 31.7 Å². The molecule has 0 bridgehead atoms. The molecule has 5 nitrogen and oxygen atoms in total. The van der Waals surface area contributed by atoms with E-state index in [4.69, 9.17) is 4.74 Å². The maximum absolute atomic E-state index is 12.3. The molecule has 2 rings (SSSR count). The lowest BCUT2D eigenvalue weighted by Crippen LogP contribution is -2.48. The van der Waals surface area contributed by atoms with Crippen LogP contribution in [0.15, 0.2) is 30.3 Å². The van der Waals surface area contributed by atoms with Gasteiger partial charge in [0, 0.05) is 13.1 Å². The maximum Gasteiger partial charge on any atom is 0.246 e. The molecule has 1 aromatic carbocycles. The van der Waals surface area contributed by atoms with Crippen molar-refractivity contribution in [3.05, 3.63) is 35.9 Å². The van der Waals surface area contributed by atoms with Crippen molar-refractivity contribution in [3.63, 3.8) is 0 Å². The van der Waals surface area contributed by atoms with Crippen LogP contribution in [0.4, 0.5) is 0 Å². The van der Waals surface area contributed by atoms with Crippen LogP contribution in [0.25, 0.3) is 0 Å². The first-order valence-electron chi connectivity index (χ1n) is 7.90. The van der Waals surface area contributed by atoms with Gasteiger partial charge >= 0.3 is 0 Å². The smallest absolute Gasteiger partial charge is 0.246 e. The van der Waals surface area contributed by atoms with E-state index in [1.165, 1.54) is 0 Å². The zero-order valence-electron chi connectivity index (χ0n) is 13.1. The molecule has 2 amide bonds. The summed E-state index contributed by atoms with van der Waals surface area (Å²) in [4.78, 5) is 26.0. The van der Waals surface area contributed by atoms with Crippen molar-refractivity contribution in [1.82, 2.24) is 10.2 Å². The lowest BCUT2D eigenvalue weighted by molar-refractivity contribution is -0.137. The molecule has 0 saturated carbocycles. The Balaban J connectivity index is 1.77. The zero-order valence-corrected chi connectivity index (χ0v) is 13.1. The highest BCUT2D eigenvalue weighted by Crippen LogP contribution is 2.12. The number of nitrogens with one attached hydrogen (secondary N) is 1. The number of hydrogen-bond acceptors (Lipinski definition) is 3. The lowest BCUT2D eigenvalue weighted by Gasteiger charge is -2.23. The van der Waals surface area contributed by atoms with Crippen LogP contribution in [0, 0.1) is 0 Å². The third kappa shape index (κ3) is 4.84. The van der Waals surface area contributed by atoms with E-state index < -0.39 is 6.04 Å². The Morgan fingerprint density at radius 1 is 1.32 bits per heavy atom. The summed E-state index contributed by atoms with van der Waals surface area (Å²) in [6, 6.07) is 9.30. The standard InChI is InChI=1S/C17H24N2O3/c1-2-19-11-7-6-10-15(17(19)21)18-16(20)13-22-12-14-8-4-3-5-9-14/h3-5,8-9,15H,2,6-7,10-13H2,1H3,(H,18,20). The Hall–Kier alpha value is -1.88. The van der Waals surface area contributed by atoms with Gasteiger partial charge in [-0.15, -0.1) is 0 Å². The number of carbonyl (C=O) groups is 2. The summed E-state index contributed by atoms with van der Waals surface area (Å²) in [5.41, 5.74) is 1.03. The molecule has 0 aliphatic carbocycles. The second-order valence-corrected chi connectivity index (χ2v) is 5.51. The van der Waals surface area contributed by atoms with Crippen molar-refractivity contribution < 1.29 is 14.3 Å². The highest BCUT2D eigenvalue weighted by atomic mass is 16.5. The number of carbonyl (C=O) groups excluding carboxylic acids is 2. The molecule has 1 fully saturated rings. The Bertz CT molecular complexity index is 490. The Morgan fingerprint density at radius 2 is 2.09 bits per heavy atom. The summed E-state index contributed by atoms with van der Waals surface area (Å²) in [5.74, 6) is -0.205. The maximum atomic E-state index is 12.3. The molecule has 5 heteroatoms. The molecular formula is C17H24N2O3. The summed E-state index contributed by atoms with van der Waals surface area (Å²) in [6.45, 7) is 3.81. The Morgan fingerprint density at radius 3 is 2.82 bits per heavy atom. The monoisotopic (exact) mass is 304 g/mol. The molecule has 0 spiro atoms. The van der Waals surface area contributed by atoms with Gasteiger partial charge in [0.1, 0.15) is 12.6 Å². The average molecular weight is 304 g/mol. The van der Waals surface area contributed by atoms with Crippen LogP contribution in [0.5, 0.6) is 0 Å². The van der Waals surface area contributed by atoms with E-state index in [1.807, 2.05) is 42.2 Å². The van der Waals surface area contributed by atoms with Gasteiger partial charge in [0.25, 0.3) is 0 Å². The first-order chi connectivity index (χ1) is 10.7. The summed E-state index contributed by atoms with van der Waals surface area (Å²) < 4.78 is 5.41. The fraction of sp³-hybridized carbons (Fsp3) is 0.529. The van der Waals surface area contributed by atoms with E-state index in [-0.39, 0.29) is 18.4 Å². The van der Waals surface area contributed by atoms with Crippen molar-refractivity contribution in [2.75, 3.05) is 19.7 Å². The predicted octanol–water partition coefficient (Wildman–Crippen LogP) is 1.72. The highest BCUT2D eigenvalue weighted by Gasteiger charge is 2.27. The van der Waals surface area contributed by atoms with Crippen LogP contribution in [-0.2, 0) is 20.9 Å². The minimum atomic E-state index is -0.407. The predicted molar refractivity (Wildman–Crippen MR) is 84.1 cm³/mol. The molecule has 0 radical (unpaired) electrons. The summed E-state index contributed by atoms with van der Waals surface area (Å²) >= 11 is 0. The molecule has 1 N–H and O–H groups in total. The fourth-order valence-electron chi connectivity index (χ4n) is 2.62. The molecule has 1 saturated heterocycles. The van der Waals surface area contributed by atoms with Gasteiger partial charge in [0.2, 0.25) is 11.8 Å². The highest BCUT2D eigenvalue weighted by molar-refractivity contribution is 5.88. The van der Waals surface area contributed by atoms with Gasteiger partial charge in [-0.2, -0.15) is 0 Å². The third-order valence-corrected chi connectivity index (χ3v) is 3.84. The number of amides is 2. The SMILES string of the molecule is CCN1CCCCC(NC(=O)COCc2ccccc2)C1=O. The van der Waals surface area contributed by atoms with Gasteiger partial charge < -0.3 is 15.0 Å². The molecule has 22 heavy (non-hydrogen) atoms. The van der Waals surface area contributed by atoms with Crippen LogP contribution >= 0.6 is 0 Å². The van der Waals surface area contributed by atoms with E-state index in [0.717, 1.165) is 24.9 Å². The Kier molecular flexibility index (Phi) is 6.40. The number of hydrogen-bond donors (Lipinski definition) is 1. The Labute approximate surface area is 131 Å². The second kappa shape index (κ2) is 8.54. The summed E-state index contributed by atoms with van der Waals surface area (Å²) in [5, 5.41) is 2.80. The molecular weight excluding hydrogens is 280 g/mol. The second-order valence-electron chi connectivity index (χ2n) is 5.51. The number of rotatable bonds is 6. The van der Waals surface area contributed by atoms with Gasteiger partial charge in [-0.3, -0.25) is 9.59 Å². The first-order valence-corrected chi connectivity index (χ1v) is 7.90. The van der Waals surface area contributed by atoms with Crippen molar-refractivity contribution >= 4 is 11.8 Å². The fourth-order valence-corrected chi connectivity index (χ4v) is 2.62. The molecule has 120 valence electrons. The van der Waals surface area contributed by atoms with E-state index in [1.54, 1.807) is 0 Å². The van der Waals surface area contributed by atoms with Crippen LogP contribution < -0.4 is 5.32 Å². The normalized spacial score (nSPS) is 18.9. The van der Waals surface area contributed by atoms with Gasteiger partial charge in [-0.25, -0.2) is 0 Å². The van der Waals surface area contributed by atoms with E-state index in [0.29, 0.717) is 19.6 Å². The molecule has 0 aromatic heterocycles. The molecule has 1 heterocycles. The minimum Gasteiger partial charge on any atom is -0.367 e. The largest absolute Gasteiger partial charge is 0.367 e.